The van der Waals surface area contributed by atoms with Crippen molar-refractivity contribution in [2.45, 2.75) is 44.9 Å². The van der Waals surface area contributed by atoms with Gasteiger partial charge in [-0.25, -0.2) is 0 Å². The molecular weight excluding hydrogens is 122 g/mol. The molecule has 0 spiro atoms. The highest BCUT2D eigenvalue weighted by atomic mass is 14.8. The molecule has 0 aromatic carbocycles. The van der Waals surface area contributed by atoms with Gasteiger partial charge >= 0.3 is 0 Å². The van der Waals surface area contributed by atoms with E-state index in [1.807, 2.05) is 0 Å². The van der Waals surface area contributed by atoms with Gasteiger partial charge in [0, 0.05) is 0 Å². The van der Waals surface area contributed by atoms with E-state index in [-0.39, 0.29) is 0 Å². The molecule has 0 aromatic heterocycles. The van der Waals surface area contributed by atoms with Gasteiger partial charge in [0.1, 0.15) is 0 Å². The highest BCUT2D eigenvalue weighted by Crippen LogP contribution is 2.07. The summed E-state index contributed by atoms with van der Waals surface area (Å²) in [5, 5.41) is 3.46. The molecule has 0 aliphatic carbocycles. The third-order valence-corrected chi connectivity index (χ3v) is 2.21. The van der Waals surface area contributed by atoms with E-state index in [2.05, 4.69) is 5.32 Å². The van der Waals surface area contributed by atoms with E-state index in [0.717, 1.165) is 0 Å². The van der Waals surface area contributed by atoms with E-state index in [9.17, 15) is 0 Å². The van der Waals surface area contributed by atoms with Crippen molar-refractivity contribution in [3.8, 4) is 0 Å². The Bertz CT molecular complexity index is 37.9. The molecule has 0 bridgehead atoms. The summed E-state index contributed by atoms with van der Waals surface area (Å²) in [4.78, 5) is 0. The maximum absolute atomic E-state index is 3.46. The molecule has 0 atom stereocenters. The van der Waals surface area contributed by atoms with Crippen LogP contribution < -0.4 is 5.32 Å². The van der Waals surface area contributed by atoms with Crippen LogP contribution in [0.25, 0.3) is 0 Å². The van der Waals surface area contributed by atoms with Gasteiger partial charge in [-0.15, -0.1) is 0 Å². The van der Waals surface area contributed by atoms with Crippen LogP contribution >= 0.6 is 0 Å². The Labute approximate surface area is 64.2 Å². The molecule has 0 aromatic rings. The molecular formula is C9H19N. The van der Waals surface area contributed by atoms with Crippen LogP contribution in [0.1, 0.15) is 44.9 Å². The van der Waals surface area contributed by atoms with E-state index >= 15 is 0 Å². The summed E-state index contributed by atoms with van der Waals surface area (Å²) in [5.41, 5.74) is 0. The summed E-state index contributed by atoms with van der Waals surface area (Å²) in [6.07, 6.45) is 10.0. The molecule has 1 aliphatic rings. The van der Waals surface area contributed by atoms with Crippen LogP contribution in [0.5, 0.6) is 0 Å². The molecule has 0 saturated carbocycles. The van der Waals surface area contributed by atoms with E-state index in [0.29, 0.717) is 0 Å². The van der Waals surface area contributed by atoms with Crippen molar-refractivity contribution in [2.75, 3.05) is 13.1 Å². The number of nitrogens with one attached hydrogen (secondary N) is 1. The zero-order valence-electron chi connectivity index (χ0n) is 6.86. The Morgan fingerprint density at radius 2 is 0.900 bits per heavy atom. The predicted octanol–water partition coefficient (Wildman–Crippen LogP) is 2.32. The first-order chi connectivity index (χ1) is 5.00. The van der Waals surface area contributed by atoms with Gasteiger partial charge in [0.15, 0.2) is 0 Å². The van der Waals surface area contributed by atoms with Crippen molar-refractivity contribution < 1.29 is 0 Å². The quantitative estimate of drug-likeness (QED) is 0.546. The van der Waals surface area contributed by atoms with Crippen molar-refractivity contribution in [2.24, 2.45) is 0 Å². The minimum atomic E-state index is 1.25. The highest BCUT2D eigenvalue weighted by Gasteiger charge is 1.94. The van der Waals surface area contributed by atoms with Crippen LogP contribution in [-0.2, 0) is 0 Å². The van der Waals surface area contributed by atoms with Crippen molar-refractivity contribution in [3.05, 3.63) is 0 Å². The molecule has 1 N–H and O–H groups in total. The number of hydrogen-bond acceptors (Lipinski definition) is 1. The fourth-order valence-electron chi connectivity index (χ4n) is 1.51. The monoisotopic (exact) mass is 141 g/mol. The third kappa shape index (κ3) is 3.89. The molecule has 0 unspecified atom stereocenters. The lowest BCUT2D eigenvalue weighted by molar-refractivity contribution is 0.514. The zero-order chi connectivity index (χ0) is 7.07. The smallest absolute Gasteiger partial charge is 0.00489 e. The topological polar surface area (TPSA) is 12.0 Å². The maximum Gasteiger partial charge on any atom is -0.00489 e. The van der Waals surface area contributed by atoms with Crippen LogP contribution in [0.4, 0.5) is 0 Å². The minimum Gasteiger partial charge on any atom is -0.317 e. The van der Waals surface area contributed by atoms with Crippen LogP contribution in [0.2, 0.25) is 0 Å². The fourth-order valence-corrected chi connectivity index (χ4v) is 1.51. The number of hydrogen-bond donors (Lipinski definition) is 1. The summed E-state index contributed by atoms with van der Waals surface area (Å²) in [6.45, 7) is 2.50. The van der Waals surface area contributed by atoms with E-state index in [1.54, 1.807) is 0 Å². The second-order valence-corrected chi connectivity index (χ2v) is 3.22. The summed E-state index contributed by atoms with van der Waals surface area (Å²) in [6, 6.07) is 0. The summed E-state index contributed by atoms with van der Waals surface area (Å²) in [7, 11) is 0. The molecule has 1 fully saturated rings. The summed E-state index contributed by atoms with van der Waals surface area (Å²) < 4.78 is 0. The molecule has 1 aliphatic heterocycles. The average molecular weight is 141 g/mol. The summed E-state index contributed by atoms with van der Waals surface area (Å²) >= 11 is 0. The van der Waals surface area contributed by atoms with Crippen LogP contribution in [0, 0.1) is 0 Å². The van der Waals surface area contributed by atoms with Gasteiger partial charge in [-0.1, -0.05) is 32.1 Å². The first-order valence-electron chi connectivity index (χ1n) is 4.71. The van der Waals surface area contributed by atoms with Crippen LogP contribution in [-0.4, -0.2) is 13.1 Å². The average Bonchev–Trinajstić information content (AvgIpc) is 2.01. The lowest BCUT2D eigenvalue weighted by atomic mass is 10.1. The molecule has 1 nitrogen and oxygen atoms in total. The normalized spacial score (nSPS) is 24.0. The molecule has 1 rings (SSSR count). The van der Waals surface area contributed by atoms with Crippen molar-refractivity contribution in [1.29, 1.82) is 0 Å². The Hall–Kier alpha value is -0.0400. The van der Waals surface area contributed by atoms with Crippen molar-refractivity contribution in [1.82, 2.24) is 5.32 Å². The van der Waals surface area contributed by atoms with E-state index < -0.39 is 0 Å². The fraction of sp³-hybridized carbons (Fsp3) is 1.00. The van der Waals surface area contributed by atoms with Crippen LogP contribution in [0.15, 0.2) is 0 Å². The van der Waals surface area contributed by atoms with Gasteiger partial charge in [-0.05, 0) is 25.9 Å². The SMILES string of the molecule is C1CCCCNCCCC1. The van der Waals surface area contributed by atoms with Gasteiger partial charge in [0.25, 0.3) is 0 Å². The van der Waals surface area contributed by atoms with Gasteiger partial charge in [-0.3, -0.25) is 0 Å². The molecule has 60 valence electrons. The lowest BCUT2D eigenvalue weighted by Gasteiger charge is -2.07. The van der Waals surface area contributed by atoms with Crippen molar-refractivity contribution in [3.63, 3.8) is 0 Å². The first kappa shape index (κ1) is 8.06. The largest absolute Gasteiger partial charge is 0.317 e. The lowest BCUT2D eigenvalue weighted by Crippen LogP contribution is -2.17. The molecule has 1 saturated heterocycles. The standard InChI is InChI=1S/C9H19N/c1-2-4-6-8-10-9-7-5-3-1/h10H,1-9H2. The first-order valence-corrected chi connectivity index (χ1v) is 4.71. The molecule has 0 radical (unpaired) electrons. The van der Waals surface area contributed by atoms with Crippen LogP contribution in [0.3, 0.4) is 0 Å². The van der Waals surface area contributed by atoms with Gasteiger partial charge < -0.3 is 5.32 Å². The molecule has 1 heterocycles. The maximum atomic E-state index is 3.46. The second kappa shape index (κ2) is 5.72. The zero-order valence-corrected chi connectivity index (χ0v) is 6.86. The number of rotatable bonds is 0. The molecule has 10 heavy (non-hydrogen) atoms. The Morgan fingerprint density at radius 1 is 0.500 bits per heavy atom. The van der Waals surface area contributed by atoms with E-state index in [1.165, 1.54) is 58.0 Å². The predicted molar refractivity (Wildman–Crippen MR) is 45.2 cm³/mol. The minimum absolute atomic E-state index is 1.25. The third-order valence-electron chi connectivity index (χ3n) is 2.21. The molecule has 1 heteroatoms. The Balaban J connectivity index is 2.00. The summed E-state index contributed by atoms with van der Waals surface area (Å²) in [5.74, 6) is 0. The molecule has 0 amide bonds. The van der Waals surface area contributed by atoms with Gasteiger partial charge in [0.2, 0.25) is 0 Å². The Morgan fingerprint density at radius 3 is 1.40 bits per heavy atom. The second-order valence-electron chi connectivity index (χ2n) is 3.22. The highest BCUT2D eigenvalue weighted by molar-refractivity contribution is 4.53. The van der Waals surface area contributed by atoms with E-state index in [4.69, 9.17) is 0 Å². The van der Waals surface area contributed by atoms with Gasteiger partial charge in [-0.2, -0.15) is 0 Å². The van der Waals surface area contributed by atoms with Crippen molar-refractivity contribution >= 4 is 0 Å². The Kier molecular flexibility index (Phi) is 4.61. The van der Waals surface area contributed by atoms with Gasteiger partial charge in [0.05, 0.1) is 0 Å².